The van der Waals surface area contributed by atoms with Crippen molar-refractivity contribution in [1.29, 1.82) is 0 Å². The number of fused-ring (bicyclic) bond motifs is 1. The Bertz CT molecular complexity index is 618. The average molecular weight is 302 g/mol. The molecule has 22 heavy (non-hydrogen) atoms. The number of nitrogens with zero attached hydrogens (tertiary/aromatic N) is 4. The molecule has 2 aromatic heterocycles. The van der Waals surface area contributed by atoms with Crippen LogP contribution < -0.4 is 0 Å². The van der Waals surface area contributed by atoms with E-state index in [9.17, 15) is 0 Å². The van der Waals surface area contributed by atoms with Crippen LogP contribution in [-0.2, 0) is 24.9 Å². The van der Waals surface area contributed by atoms with Gasteiger partial charge < -0.3 is 9.15 Å². The largest absolute Gasteiger partial charge is 0.472 e. The topological polar surface area (TPSA) is 56.3 Å². The van der Waals surface area contributed by atoms with Crippen LogP contribution >= 0.6 is 0 Å². The van der Waals surface area contributed by atoms with Gasteiger partial charge in [-0.3, -0.25) is 9.58 Å². The summed E-state index contributed by atoms with van der Waals surface area (Å²) < 4.78 is 13.0. The van der Waals surface area contributed by atoms with Crippen LogP contribution in [0.2, 0.25) is 0 Å². The molecule has 3 heterocycles. The molecule has 1 aliphatic heterocycles. The van der Waals surface area contributed by atoms with Crippen LogP contribution in [0.3, 0.4) is 0 Å². The second-order valence-electron chi connectivity index (χ2n) is 6.52. The minimum Gasteiger partial charge on any atom is -0.472 e. The van der Waals surface area contributed by atoms with Crippen molar-refractivity contribution < 1.29 is 9.15 Å². The molecular formula is C16H22N4O2. The maximum atomic E-state index is 5.95. The van der Waals surface area contributed by atoms with Crippen molar-refractivity contribution in [2.24, 2.45) is 13.0 Å². The van der Waals surface area contributed by atoms with Gasteiger partial charge in [0.05, 0.1) is 24.8 Å². The second-order valence-corrected chi connectivity index (χ2v) is 6.52. The highest BCUT2D eigenvalue weighted by molar-refractivity contribution is 5.20. The molecule has 2 aromatic rings. The molecule has 4 rings (SSSR count). The van der Waals surface area contributed by atoms with E-state index in [1.54, 1.807) is 6.26 Å². The first-order valence-electron chi connectivity index (χ1n) is 7.99. The molecule has 1 fully saturated rings. The van der Waals surface area contributed by atoms with Gasteiger partial charge in [0.1, 0.15) is 5.69 Å². The number of aromatic nitrogens is 3. The van der Waals surface area contributed by atoms with E-state index >= 15 is 0 Å². The Kier molecular flexibility index (Phi) is 3.72. The second kappa shape index (κ2) is 5.85. The molecule has 0 saturated heterocycles. The fourth-order valence-electron chi connectivity index (χ4n) is 3.25. The molecule has 1 atom stereocenters. The van der Waals surface area contributed by atoms with Gasteiger partial charge in [0.15, 0.2) is 0 Å². The van der Waals surface area contributed by atoms with Crippen molar-refractivity contribution in [3.05, 3.63) is 35.5 Å². The molecule has 118 valence electrons. The number of hydrogen-bond acceptors (Lipinski definition) is 5. The molecule has 0 bridgehead atoms. The van der Waals surface area contributed by atoms with Gasteiger partial charge in [-0.15, -0.1) is 5.10 Å². The first-order chi connectivity index (χ1) is 10.8. The fraction of sp³-hybridized carbons (Fsp3) is 0.625. The first kappa shape index (κ1) is 14.0. The van der Waals surface area contributed by atoms with Crippen molar-refractivity contribution in [3.8, 4) is 0 Å². The summed E-state index contributed by atoms with van der Waals surface area (Å²) in [5.74, 6) is 1.14. The Morgan fingerprint density at radius 1 is 1.36 bits per heavy atom. The number of rotatable bonds is 6. The molecule has 2 aliphatic rings. The zero-order valence-electron chi connectivity index (χ0n) is 12.9. The molecule has 0 N–H and O–H groups in total. The molecular weight excluding hydrogens is 280 g/mol. The Labute approximate surface area is 130 Å². The highest BCUT2D eigenvalue weighted by Crippen LogP contribution is 2.31. The van der Waals surface area contributed by atoms with Gasteiger partial charge in [-0.1, -0.05) is 5.21 Å². The highest BCUT2D eigenvalue weighted by Gasteiger charge is 2.31. The summed E-state index contributed by atoms with van der Waals surface area (Å²) in [4.78, 5) is 2.40. The number of aryl methyl sites for hydroxylation is 1. The minimum absolute atomic E-state index is 0.342. The summed E-state index contributed by atoms with van der Waals surface area (Å²) in [7, 11) is 1.98. The highest BCUT2D eigenvalue weighted by atomic mass is 16.5. The van der Waals surface area contributed by atoms with Crippen molar-refractivity contribution in [2.45, 2.75) is 31.8 Å². The lowest BCUT2D eigenvalue weighted by atomic mass is 9.98. The van der Waals surface area contributed by atoms with E-state index in [1.165, 1.54) is 24.1 Å². The Morgan fingerprint density at radius 3 is 3.05 bits per heavy atom. The zero-order valence-corrected chi connectivity index (χ0v) is 12.9. The van der Waals surface area contributed by atoms with Crippen molar-refractivity contribution in [1.82, 2.24) is 19.9 Å². The van der Waals surface area contributed by atoms with E-state index in [-0.39, 0.29) is 0 Å². The van der Waals surface area contributed by atoms with Gasteiger partial charge in [-0.05, 0) is 24.8 Å². The lowest BCUT2D eigenvalue weighted by Gasteiger charge is -2.31. The average Bonchev–Trinajstić information content (AvgIpc) is 3.04. The van der Waals surface area contributed by atoms with Gasteiger partial charge >= 0.3 is 0 Å². The molecule has 6 nitrogen and oxygen atoms in total. The molecule has 1 aliphatic carbocycles. The normalized spacial score (nSPS) is 22.0. The first-order valence-corrected chi connectivity index (χ1v) is 7.99. The van der Waals surface area contributed by atoms with Gasteiger partial charge in [0, 0.05) is 44.8 Å². The molecule has 6 heteroatoms. The molecule has 0 unspecified atom stereocenters. The standard InChI is InChI=1S/C16H22N4O2/c1-19-16-14(11-22-9-12-2-3-12)7-20(8-15(16)17-18-19)6-13-4-5-21-10-13/h4-5,10,12,14H,2-3,6-9,11H2,1H3/t14-/m0/s1. The van der Waals surface area contributed by atoms with Gasteiger partial charge in [-0.2, -0.15) is 0 Å². The van der Waals surface area contributed by atoms with E-state index in [4.69, 9.17) is 9.15 Å². The third kappa shape index (κ3) is 2.94. The minimum atomic E-state index is 0.342. The van der Waals surface area contributed by atoms with Crippen molar-refractivity contribution in [2.75, 3.05) is 19.8 Å². The van der Waals surface area contributed by atoms with E-state index in [1.807, 2.05) is 24.1 Å². The van der Waals surface area contributed by atoms with E-state index in [0.717, 1.165) is 44.5 Å². The van der Waals surface area contributed by atoms with Crippen molar-refractivity contribution in [3.63, 3.8) is 0 Å². The van der Waals surface area contributed by atoms with E-state index in [0.29, 0.717) is 5.92 Å². The number of furan rings is 1. The Hall–Kier alpha value is -1.66. The third-order valence-corrected chi connectivity index (χ3v) is 4.54. The van der Waals surface area contributed by atoms with E-state index < -0.39 is 0 Å². The summed E-state index contributed by atoms with van der Waals surface area (Å²) in [6.45, 7) is 4.36. The number of ether oxygens (including phenoxy) is 1. The summed E-state index contributed by atoms with van der Waals surface area (Å²) >= 11 is 0. The number of hydrogen-bond donors (Lipinski definition) is 0. The van der Waals surface area contributed by atoms with Crippen LogP contribution in [0.5, 0.6) is 0 Å². The summed E-state index contributed by atoms with van der Waals surface area (Å²) in [5, 5.41) is 8.54. The van der Waals surface area contributed by atoms with Crippen LogP contribution in [-0.4, -0.2) is 39.7 Å². The summed E-state index contributed by atoms with van der Waals surface area (Å²) in [6, 6.07) is 2.02. The monoisotopic (exact) mass is 302 g/mol. The quantitative estimate of drug-likeness (QED) is 0.816. The van der Waals surface area contributed by atoms with Crippen LogP contribution in [0.1, 0.15) is 35.7 Å². The maximum absolute atomic E-state index is 5.95. The smallest absolute Gasteiger partial charge is 0.100 e. The predicted molar refractivity (Wildman–Crippen MR) is 80.1 cm³/mol. The van der Waals surface area contributed by atoms with Gasteiger partial charge in [-0.25, -0.2) is 0 Å². The summed E-state index contributed by atoms with van der Waals surface area (Å²) in [6.07, 6.45) is 6.19. The lowest BCUT2D eigenvalue weighted by molar-refractivity contribution is 0.0866. The third-order valence-electron chi connectivity index (χ3n) is 4.54. The van der Waals surface area contributed by atoms with Crippen LogP contribution in [0, 0.1) is 5.92 Å². The molecule has 0 radical (unpaired) electrons. The Morgan fingerprint density at radius 2 is 2.27 bits per heavy atom. The van der Waals surface area contributed by atoms with Crippen LogP contribution in [0.25, 0.3) is 0 Å². The van der Waals surface area contributed by atoms with Gasteiger partial charge in [0.2, 0.25) is 0 Å². The molecule has 0 amide bonds. The molecule has 0 aromatic carbocycles. The van der Waals surface area contributed by atoms with Crippen LogP contribution in [0.4, 0.5) is 0 Å². The Balaban J connectivity index is 1.46. The van der Waals surface area contributed by atoms with Crippen LogP contribution in [0.15, 0.2) is 23.0 Å². The summed E-state index contributed by atoms with van der Waals surface area (Å²) in [5.41, 5.74) is 3.52. The fourth-order valence-corrected chi connectivity index (χ4v) is 3.25. The van der Waals surface area contributed by atoms with Crippen molar-refractivity contribution >= 4 is 0 Å². The predicted octanol–water partition coefficient (Wildman–Crippen LogP) is 1.93. The lowest BCUT2D eigenvalue weighted by Crippen LogP contribution is -2.36. The molecule has 1 saturated carbocycles. The molecule has 0 spiro atoms. The van der Waals surface area contributed by atoms with E-state index in [2.05, 4.69) is 15.2 Å². The maximum Gasteiger partial charge on any atom is 0.100 e. The zero-order chi connectivity index (χ0) is 14.9. The van der Waals surface area contributed by atoms with Gasteiger partial charge in [0.25, 0.3) is 0 Å². The SMILES string of the molecule is Cn1nnc2c1[C@H](COCC1CC1)CN(Cc1ccoc1)C2.